The SMILES string of the molecule is O=C(NC1CCCC1)c1ccc2c(c1)nc1n2CCOC1. The molecule has 0 spiro atoms. The molecule has 0 unspecified atom stereocenters. The van der Waals surface area contributed by atoms with Crippen molar-refractivity contribution in [3.63, 3.8) is 0 Å². The highest BCUT2D eigenvalue weighted by molar-refractivity contribution is 5.97. The Morgan fingerprint density at radius 1 is 1.33 bits per heavy atom. The van der Waals surface area contributed by atoms with Gasteiger partial charge in [-0.3, -0.25) is 4.79 Å². The zero-order chi connectivity index (χ0) is 14.2. The first-order valence-electron chi connectivity index (χ1n) is 7.69. The predicted molar refractivity (Wildman–Crippen MR) is 79.1 cm³/mol. The van der Waals surface area contributed by atoms with Gasteiger partial charge in [0.15, 0.2) is 0 Å². The minimum atomic E-state index is 0.0195. The van der Waals surface area contributed by atoms with Gasteiger partial charge in [0.25, 0.3) is 5.91 Å². The van der Waals surface area contributed by atoms with Crippen molar-refractivity contribution in [2.45, 2.75) is 44.9 Å². The van der Waals surface area contributed by atoms with Crippen molar-refractivity contribution in [1.82, 2.24) is 14.9 Å². The average molecular weight is 285 g/mol. The average Bonchev–Trinajstić information content (AvgIpc) is 3.13. The highest BCUT2D eigenvalue weighted by atomic mass is 16.5. The standard InChI is InChI=1S/C16H19N3O2/c20-16(17-12-3-1-2-4-12)11-5-6-14-13(9-11)18-15-10-21-8-7-19(14)15/h5-6,9,12H,1-4,7-8,10H2,(H,17,20). The molecule has 1 saturated carbocycles. The fourth-order valence-electron chi connectivity index (χ4n) is 3.34. The molecule has 0 atom stereocenters. The van der Waals surface area contributed by atoms with Crippen LogP contribution in [0.2, 0.25) is 0 Å². The minimum Gasteiger partial charge on any atom is -0.372 e. The second-order valence-electron chi connectivity index (χ2n) is 5.89. The molecular formula is C16H19N3O2. The maximum absolute atomic E-state index is 12.3. The Morgan fingerprint density at radius 3 is 3.05 bits per heavy atom. The van der Waals surface area contributed by atoms with Crippen molar-refractivity contribution in [3.05, 3.63) is 29.6 Å². The molecule has 0 bridgehead atoms. The van der Waals surface area contributed by atoms with Gasteiger partial charge in [-0.1, -0.05) is 12.8 Å². The lowest BCUT2D eigenvalue weighted by atomic mass is 10.1. The summed E-state index contributed by atoms with van der Waals surface area (Å²) in [4.78, 5) is 16.9. The van der Waals surface area contributed by atoms with Crippen molar-refractivity contribution in [2.24, 2.45) is 0 Å². The molecule has 0 radical (unpaired) electrons. The quantitative estimate of drug-likeness (QED) is 0.920. The number of carbonyl (C=O) groups excluding carboxylic acids is 1. The van der Waals surface area contributed by atoms with Crippen LogP contribution in [0.4, 0.5) is 0 Å². The number of fused-ring (bicyclic) bond motifs is 3. The van der Waals surface area contributed by atoms with Gasteiger partial charge < -0.3 is 14.6 Å². The van der Waals surface area contributed by atoms with Crippen LogP contribution >= 0.6 is 0 Å². The van der Waals surface area contributed by atoms with E-state index < -0.39 is 0 Å². The van der Waals surface area contributed by atoms with Gasteiger partial charge in [0.2, 0.25) is 0 Å². The number of hydrogen-bond acceptors (Lipinski definition) is 3. The maximum Gasteiger partial charge on any atom is 0.251 e. The van der Waals surface area contributed by atoms with E-state index in [0.717, 1.165) is 42.9 Å². The maximum atomic E-state index is 12.3. The number of rotatable bonds is 2. The fourth-order valence-corrected chi connectivity index (χ4v) is 3.34. The molecule has 1 aliphatic carbocycles. The summed E-state index contributed by atoms with van der Waals surface area (Å²) >= 11 is 0. The molecule has 2 heterocycles. The van der Waals surface area contributed by atoms with E-state index in [1.807, 2.05) is 18.2 Å². The van der Waals surface area contributed by atoms with Crippen LogP contribution in [-0.2, 0) is 17.9 Å². The number of carbonyl (C=O) groups is 1. The number of aromatic nitrogens is 2. The van der Waals surface area contributed by atoms with Crippen LogP contribution in [0.1, 0.15) is 41.9 Å². The largest absolute Gasteiger partial charge is 0.372 e. The first-order chi connectivity index (χ1) is 10.3. The summed E-state index contributed by atoms with van der Waals surface area (Å²) in [5.74, 6) is 0.968. The highest BCUT2D eigenvalue weighted by Gasteiger charge is 2.19. The van der Waals surface area contributed by atoms with E-state index in [4.69, 9.17) is 4.74 Å². The molecule has 110 valence electrons. The number of imidazole rings is 1. The van der Waals surface area contributed by atoms with Crippen LogP contribution in [0.15, 0.2) is 18.2 Å². The van der Waals surface area contributed by atoms with Gasteiger partial charge in [0.05, 0.1) is 17.6 Å². The van der Waals surface area contributed by atoms with Gasteiger partial charge >= 0.3 is 0 Å². The number of nitrogens with one attached hydrogen (secondary N) is 1. The Bertz CT molecular complexity index is 686. The third-order valence-electron chi connectivity index (χ3n) is 4.47. The molecule has 1 aromatic heterocycles. The number of nitrogens with zero attached hydrogens (tertiary/aromatic N) is 2. The van der Waals surface area contributed by atoms with E-state index in [1.54, 1.807) is 0 Å². The van der Waals surface area contributed by atoms with Crippen LogP contribution in [-0.4, -0.2) is 28.1 Å². The number of benzene rings is 1. The van der Waals surface area contributed by atoms with Crippen molar-refractivity contribution >= 4 is 16.9 Å². The van der Waals surface area contributed by atoms with Crippen LogP contribution in [0.25, 0.3) is 11.0 Å². The Balaban J connectivity index is 1.62. The molecule has 1 N–H and O–H groups in total. The zero-order valence-electron chi connectivity index (χ0n) is 12.0. The summed E-state index contributed by atoms with van der Waals surface area (Å²) in [6.45, 7) is 2.11. The Hall–Kier alpha value is -1.88. The summed E-state index contributed by atoms with van der Waals surface area (Å²) in [5.41, 5.74) is 2.67. The smallest absolute Gasteiger partial charge is 0.251 e. The molecule has 4 rings (SSSR count). The second kappa shape index (κ2) is 5.15. The summed E-state index contributed by atoms with van der Waals surface area (Å²) in [7, 11) is 0. The van der Waals surface area contributed by atoms with Crippen molar-refractivity contribution in [3.8, 4) is 0 Å². The molecule has 1 aromatic carbocycles. The summed E-state index contributed by atoms with van der Waals surface area (Å²) in [6.07, 6.45) is 4.64. The molecule has 5 heteroatoms. The van der Waals surface area contributed by atoms with E-state index in [1.165, 1.54) is 12.8 Å². The molecular weight excluding hydrogens is 266 g/mol. The third kappa shape index (κ3) is 2.31. The molecule has 5 nitrogen and oxygen atoms in total. The molecule has 21 heavy (non-hydrogen) atoms. The second-order valence-corrected chi connectivity index (χ2v) is 5.89. The molecule has 1 aliphatic heterocycles. The molecule has 2 aliphatic rings. The first-order valence-corrected chi connectivity index (χ1v) is 7.69. The van der Waals surface area contributed by atoms with Gasteiger partial charge in [-0.25, -0.2) is 4.98 Å². The van der Waals surface area contributed by atoms with E-state index >= 15 is 0 Å². The zero-order valence-corrected chi connectivity index (χ0v) is 12.0. The lowest BCUT2D eigenvalue weighted by molar-refractivity contribution is 0.0830. The van der Waals surface area contributed by atoms with Gasteiger partial charge in [0.1, 0.15) is 12.4 Å². The lowest BCUT2D eigenvalue weighted by Crippen LogP contribution is -2.32. The normalized spacial score (nSPS) is 18.9. The Labute approximate surface area is 123 Å². The van der Waals surface area contributed by atoms with Crippen LogP contribution in [0.5, 0.6) is 0 Å². The van der Waals surface area contributed by atoms with Crippen molar-refractivity contribution in [2.75, 3.05) is 6.61 Å². The number of amides is 1. The van der Waals surface area contributed by atoms with Gasteiger partial charge in [-0.2, -0.15) is 0 Å². The fraction of sp³-hybridized carbons (Fsp3) is 0.500. The summed E-state index contributed by atoms with van der Waals surface area (Å²) < 4.78 is 7.61. The van der Waals surface area contributed by atoms with Crippen LogP contribution < -0.4 is 5.32 Å². The number of ether oxygens (including phenoxy) is 1. The Morgan fingerprint density at radius 2 is 2.19 bits per heavy atom. The van der Waals surface area contributed by atoms with Crippen LogP contribution in [0.3, 0.4) is 0 Å². The van der Waals surface area contributed by atoms with E-state index in [0.29, 0.717) is 18.2 Å². The van der Waals surface area contributed by atoms with Gasteiger partial charge in [-0.15, -0.1) is 0 Å². The first kappa shape index (κ1) is 12.8. The van der Waals surface area contributed by atoms with Crippen LogP contribution in [0, 0.1) is 0 Å². The van der Waals surface area contributed by atoms with Gasteiger partial charge in [0, 0.05) is 18.2 Å². The summed E-state index contributed by atoms with van der Waals surface area (Å²) in [5, 5.41) is 3.12. The molecule has 2 aromatic rings. The molecule has 1 fully saturated rings. The molecule has 1 amide bonds. The van der Waals surface area contributed by atoms with E-state index in [-0.39, 0.29) is 5.91 Å². The Kier molecular flexibility index (Phi) is 3.15. The summed E-state index contributed by atoms with van der Waals surface area (Å²) in [6, 6.07) is 6.14. The predicted octanol–water partition coefficient (Wildman–Crippen LogP) is 2.24. The van der Waals surface area contributed by atoms with Crippen molar-refractivity contribution in [1.29, 1.82) is 0 Å². The highest BCUT2D eigenvalue weighted by Crippen LogP contribution is 2.22. The third-order valence-corrected chi connectivity index (χ3v) is 4.47. The monoisotopic (exact) mass is 285 g/mol. The number of hydrogen-bond donors (Lipinski definition) is 1. The van der Waals surface area contributed by atoms with Gasteiger partial charge in [-0.05, 0) is 31.0 Å². The minimum absolute atomic E-state index is 0.0195. The lowest BCUT2D eigenvalue weighted by Gasteiger charge is -2.14. The topological polar surface area (TPSA) is 56.2 Å². The molecule has 0 saturated heterocycles. The van der Waals surface area contributed by atoms with E-state index in [2.05, 4.69) is 14.9 Å². The van der Waals surface area contributed by atoms with E-state index in [9.17, 15) is 4.79 Å². The van der Waals surface area contributed by atoms with Crippen molar-refractivity contribution < 1.29 is 9.53 Å².